The maximum atomic E-state index is 10.8. The van der Waals surface area contributed by atoms with Crippen LogP contribution in [0.3, 0.4) is 0 Å². The van der Waals surface area contributed by atoms with Crippen LogP contribution in [0.4, 0.5) is 0 Å². The van der Waals surface area contributed by atoms with Crippen LogP contribution in [0.15, 0.2) is 5.34 Å². The molecule has 0 radical (unpaired) electrons. The zero-order valence-corrected chi connectivity index (χ0v) is 7.42. The molecule has 0 amide bonds. The number of nitrogens with zero attached hydrogens (tertiary/aromatic N) is 1. The van der Waals surface area contributed by atoms with Gasteiger partial charge in [-0.3, -0.25) is 4.79 Å². The van der Waals surface area contributed by atoms with Crippen molar-refractivity contribution in [2.75, 3.05) is 0 Å². The molecular weight excluding hydrogens is 146 g/mol. The summed E-state index contributed by atoms with van der Waals surface area (Å²) in [5, 5.41) is 7.89. The summed E-state index contributed by atoms with van der Waals surface area (Å²) in [5.41, 5.74) is -0.130. The molecule has 0 bridgehead atoms. The zero-order valence-electron chi connectivity index (χ0n) is 7.42. The van der Waals surface area contributed by atoms with E-state index in [4.69, 9.17) is 10.1 Å². The van der Waals surface area contributed by atoms with Crippen LogP contribution >= 0.6 is 0 Å². The monoisotopic (exact) mass is 161 g/mol. The van der Waals surface area contributed by atoms with Crippen molar-refractivity contribution in [1.29, 1.82) is 0 Å². The van der Waals surface area contributed by atoms with E-state index in [9.17, 15) is 4.79 Å². The van der Waals surface area contributed by atoms with Gasteiger partial charge in [-0.25, -0.2) is 0 Å². The molecule has 0 fully saturated rings. The van der Waals surface area contributed by atoms with E-state index < -0.39 is 0 Å². The third kappa shape index (κ3) is 9.07. The van der Waals surface area contributed by atoms with Crippen molar-refractivity contribution in [3.8, 4) is 0 Å². The van der Waals surface area contributed by atoms with Gasteiger partial charge < -0.3 is 5.21 Å². The molecule has 0 spiro atoms. The Kier molecular flexibility index (Phi) is 6.74. The summed E-state index contributed by atoms with van der Waals surface area (Å²) >= 11 is 0. The van der Waals surface area contributed by atoms with Crippen LogP contribution in [-0.4, -0.2) is 11.0 Å². The van der Waals surface area contributed by atoms with Crippen molar-refractivity contribution in [2.24, 2.45) is 10.8 Å². The third-order valence-electron chi connectivity index (χ3n) is 1.16. The normalized spacial score (nSPS) is 9.45. The van der Waals surface area contributed by atoms with Crippen LogP contribution in [0.2, 0.25) is 0 Å². The van der Waals surface area contributed by atoms with Gasteiger partial charge >= 0.3 is 0 Å². The lowest BCUT2D eigenvalue weighted by Crippen LogP contribution is -2.18. The molecule has 0 aromatic rings. The number of carbonyl (C=O) groups is 1. The first kappa shape index (κ1) is 12.7. The molecule has 0 aliphatic carbocycles. The Labute approximate surface area is 66.5 Å². The fourth-order valence-corrected chi connectivity index (χ4v) is 0.530. The van der Waals surface area contributed by atoms with E-state index in [1.54, 1.807) is 0 Å². The Hall–Kier alpha value is -0.930. The van der Waals surface area contributed by atoms with Crippen LogP contribution in [0.25, 0.3) is 0 Å². The summed E-state index contributed by atoms with van der Waals surface area (Å²) in [6, 6.07) is 0. The second-order valence-corrected chi connectivity index (χ2v) is 3.11. The lowest BCUT2D eigenvalue weighted by molar-refractivity contribution is -0.125. The summed E-state index contributed by atoms with van der Waals surface area (Å²) in [6.45, 7) is 7.73. The fourth-order valence-electron chi connectivity index (χ4n) is 0.530. The van der Waals surface area contributed by atoms with Crippen LogP contribution < -0.4 is 0 Å². The molecular formula is C7H15NO3. The highest BCUT2D eigenvalue weighted by Gasteiger charge is 2.17. The Bertz CT molecular complexity index is 126. The Balaban J connectivity index is 0. The van der Waals surface area contributed by atoms with Gasteiger partial charge in [0.05, 0.1) is 0 Å². The van der Waals surface area contributed by atoms with Gasteiger partial charge in [-0.05, 0) is 0 Å². The molecule has 1 N–H and O–H groups in total. The van der Waals surface area contributed by atoms with E-state index in [1.165, 1.54) is 5.34 Å². The predicted molar refractivity (Wildman–Crippen MR) is 42.3 cm³/mol. The van der Waals surface area contributed by atoms with Gasteiger partial charge in [-0.15, -0.1) is 4.91 Å². The molecule has 0 aliphatic rings. The highest BCUT2D eigenvalue weighted by atomic mass is 16.6. The first-order valence-electron chi connectivity index (χ1n) is 3.40. The van der Waals surface area contributed by atoms with Gasteiger partial charge in [0, 0.05) is 11.8 Å². The average molecular weight is 161 g/mol. The van der Waals surface area contributed by atoms with Gasteiger partial charge in [-0.2, -0.15) is 0 Å². The molecule has 11 heavy (non-hydrogen) atoms. The Morgan fingerprint density at radius 2 is 1.73 bits per heavy atom. The molecule has 0 rings (SSSR count). The van der Waals surface area contributed by atoms with Crippen molar-refractivity contribution in [1.82, 2.24) is 0 Å². The SMILES string of the molecule is CCC(=O)C(C)(C)C.O=NO. The number of Topliss-reactive ketones (excluding diaryl/α,β-unsaturated/α-hetero) is 1. The molecule has 0 atom stereocenters. The molecule has 0 aliphatic heterocycles. The van der Waals surface area contributed by atoms with Crippen LogP contribution in [0.5, 0.6) is 0 Å². The lowest BCUT2D eigenvalue weighted by Gasteiger charge is -2.13. The number of ketones is 1. The lowest BCUT2D eigenvalue weighted by atomic mass is 9.90. The maximum absolute atomic E-state index is 10.8. The zero-order chi connectivity index (χ0) is 9.49. The van der Waals surface area contributed by atoms with E-state index in [0.717, 1.165) is 0 Å². The highest BCUT2D eigenvalue weighted by molar-refractivity contribution is 5.83. The molecule has 0 saturated heterocycles. The molecule has 0 aromatic carbocycles. The quantitative estimate of drug-likeness (QED) is 0.473. The van der Waals surface area contributed by atoms with Crippen molar-refractivity contribution >= 4 is 5.78 Å². The number of rotatable bonds is 1. The van der Waals surface area contributed by atoms with Crippen LogP contribution in [0, 0.1) is 10.3 Å². The third-order valence-corrected chi connectivity index (χ3v) is 1.16. The minimum absolute atomic E-state index is 0.130. The van der Waals surface area contributed by atoms with Crippen molar-refractivity contribution in [3.63, 3.8) is 0 Å². The molecule has 4 heteroatoms. The summed E-state index contributed by atoms with van der Waals surface area (Å²) in [6.07, 6.45) is 0.656. The topological polar surface area (TPSA) is 66.7 Å². The van der Waals surface area contributed by atoms with Gasteiger partial charge in [0.25, 0.3) is 0 Å². The van der Waals surface area contributed by atoms with E-state index in [2.05, 4.69) is 0 Å². The van der Waals surface area contributed by atoms with Gasteiger partial charge in [0.1, 0.15) is 5.78 Å². The van der Waals surface area contributed by atoms with Gasteiger partial charge in [-0.1, -0.05) is 27.7 Å². The predicted octanol–water partition coefficient (Wildman–Crippen LogP) is 2.15. The molecule has 0 heterocycles. The molecule has 66 valence electrons. The van der Waals surface area contributed by atoms with Crippen LogP contribution in [0.1, 0.15) is 34.1 Å². The standard InChI is InChI=1S/C7H14O.HNO2/c1-5-6(8)7(2,3)4;2-1-3/h5H2,1-4H3;(H,2,3). The molecule has 0 aromatic heterocycles. The van der Waals surface area contributed by atoms with Crippen LogP contribution in [-0.2, 0) is 4.79 Å². The average Bonchev–Trinajstić information content (AvgIpc) is 1.86. The second kappa shape index (κ2) is 5.82. The summed E-state index contributed by atoms with van der Waals surface area (Å²) in [4.78, 5) is 18.9. The summed E-state index contributed by atoms with van der Waals surface area (Å²) in [5.74, 6) is 0.331. The first-order chi connectivity index (χ1) is 4.90. The molecule has 4 nitrogen and oxygen atoms in total. The maximum Gasteiger partial charge on any atom is 0.152 e. The molecule has 0 unspecified atom stereocenters. The second-order valence-electron chi connectivity index (χ2n) is 3.11. The minimum atomic E-state index is -0.130. The first-order valence-corrected chi connectivity index (χ1v) is 3.40. The van der Waals surface area contributed by atoms with E-state index >= 15 is 0 Å². The number of hydrogen-bond donors (Lipinski definition) is 1. The summed E-state index contributed by atoms with van der Waals surface area (Å²) < 4.78 is 0. The molecule has 0 saturated carbocycles. The summed E-state index contributed by atoms with van der Waals surface area (Å²) in [7, 11) is 0. The van der Waals surface area contributed by atoms with E-state index in [1.807, 2.05) is 27.7 Å². The van der Waals surface area contributed by atoms with Crippen molar-refractivity contribution in [2.45, 2.75) is 34.1 Å². The largest absolute Gasteiger partial charge is 0.379 e. The number of hydrogen-bond acceptors (Lipinski definition) is 3. The minimum Gasteiger partial charge on any atom is -0.379 e. The van der Waals surface area contributed by atoms with E-state index in [0.29, 0.717) is 12.2 Å². The Morgan fingerprint density at radius 3 is 1.73 bits per heavy atom. The Morgan fingerprint density at radius 1 is 1.45 bits per heavy atom. The fraction of sp³-hybridized carbons (Fsp3) is 0.857. The smallest absolute Gasteiger partial charge is 0.152 e. The highest BCUT2D eigenvalue weighted by Crippen LogP contribution is 2.15. The van der Waals surface area contributed by atoms with Gasteiger partial charge in [0.15, 0.2) is 5.34 Å². The van der Waals surface area contributed by atoms with Crippen molar-refractivity contribution in [3.05, 3.63) is 4.91 Å². The van der Waals surface area contributed by atoms with Gasteiger partial charge in [0.2, 0.25) is 0 Å². The van der Waals surface area contributed by atoms with E-state index in [-0.39, 0.29) is 5.41 Å². The van der Waals surface area contributed by atoms with Crippen molar-refractivity contribution < 1.29 is 10.0 Å². The number of carbonyl (C=O) groups excluding carboxylic acids is 1.